The number of amides is 1. The highest BCUT2D eigenvalue weighted by Crippen LogP contribution is 2.23. The maximum absolute atomic E-state index is 12.3. The molecule has 134 valence electrons. The highest BCUT2D eigenvalue weighted by molar-refractivity contribution is 7.98. The molecule has 0 radical (unpaired) electrons. The van der Waals surface area contributed by atoms with Crippen molar-refractivity contribution in [2.75, 3.05) is 0 Å². The Kier molecular flexibility index (Phi) is 5.73. The number of aryl methyl sites for hydroxylation is 1. The Morgan fingerprint density at radius 3 is 2.50 bits per heavy atom. The smallest absolute Gasteiger partial charge is 0.251 e. The lowest BCUT2D eigenvalue weighted by Crippen LogP contribution is -2.28. The molecule has 3 rings (SSSR count). The van der Waals surface area contributed by atoms with Crippen LogP contribution in [0.3, 0.4) is 0 Å². The van der Waals surface area contributed by atoms with Crippen molar-refractivity contribution < 1.29 is 4.79 Å². The van der Waals surface area contributed by atoms with Gasteiger partial charge in [0.05, 0.1) is 6.04 Å². The predicted octanol–water partition coefficient (Wildman–Crippen LogP) is 3.91. The largest absolute Gasteiger partial charge is 0.342 e. The van der Waals surface area contributed by atoms with E-state index in [0.29, 0.717) is 5.56 Å². The molecule has 5 nitrogen and oxygen atoms in total. The standard InChI is InChI=1S/C20H22N4OS/c1-14-9-11-16(12-10-14)13-26-20-23-22-18(24(20)3)15(2)21-19(25)17-7-5-4-6-8-17/h4-12,15H,13H2,1-3H3,(H,21,25)/t15-/m0/s1. The first-order valence-corrected chi connectivity index (χ1v) is 9.46. The van der Waals surface area contributed by atoms with E-state index in [-0.39, 0.29) is 11.9 Å². The first-order chi connectivity index (χ1) is 12.5. The lowest BCUT2D eigenvalue weighted by molar-refractivity contribution is 0.0937. The number of carbonyl (C=O) groups excluding carboxylic acids is 1. The summed E-state index contributed by atoms with van der Waals surface area (Å²) in [6, 6.07) is 17.4. The minimum absolute atomic E-state index is 0.116. The van der Waals surface area contributed by atoms with Gasteiger partial charge in [0.2, 0.25) is 0 Å². The fourth-order valence-corrected chi connectivity index (χ4v) is 3.47. The zero-order chi connectivity index (χ0) is 18.5. The van der Waals surface area contributed by atoms with Crippen molar-refractivity contribution in [3.63, 3.8) is 0 Å². The second-order valence-corrected chi connectivity index (χ2v) is 7.18. The second kappa shape index (κ2) is 8.19. The molecular weight excluding hydrogens is 344 g/mol. The highest BCUT2D eigenvalue weighted by Gasteiger charge is 2.18. The normalized spacial score (nSPS) is 12.0. The van der Waals surface area contributed by atoms with Crippen LogP contribution < -0.4 is 5.32 Å². The zero-order valence-corrected chi connectivity index (χ0v) is 16.0. The Morgan fingerprint density at radius 2 is 1.81 bits per heavy atom. The SMILES string of the molecule is Cc1ccc(CSc2nnc([C@H](C)NC(=O)c3ccccc3)n2C)cc1. The summed E-state index contributed by atoms with van der Waals surface area (Å²) in [6.07, 6.45) is 0. The van der Waals surface area contributed by atoms with Gasteiger partial charge >= 0.3 is 0 Å². The number of aromatic nitrogens is 3. The number of hydrogen-bond donors (Lipinski definition) is 1. The molecule has 0 aliphatic carbocycles. The molecule has 1 heterocycles. The van der Waals surface area contributed by atoms with Crippen LogP contribution in [0.15, 0.2) is 59.8 Å². The Balaban J connectivity index is 1.64. The van der Waals surface area contributed by atoms with Crippen molar-refractivity contribution in [3.8, 4) is 0 Å². The van der Waals surface area contributed by atoms with Crippen LogP contribution in [-0.2, 0) is 12.8 Å². The molecule has 0 spiro atoms. The zero-order valence-electron chi connectivity index (χ0n) is 15.1. The van der Waals surface area contributed by atoms with Gasteiger partial charge in [-0.2, -0.15) is 0 Å². The molecule has 0 bridgehead atoms. The van der Waals surface area contributed by atoms with E-state index in [4.69, 9.17) is 0 Å². The summed E-state index contributed by atoms with van der Waals surface area (Å²) < 4.78 is 1.94. The van der Waals surface area contributed by atoms with Gasteiger partial charge in [0.25, 0.3) is 5.91 Å². The van der Waals surface area contributed by atoms with E-state index in [1.165, 1.54) is 11.1 Å². The second-order valence-electron chi connectivity index (χ2n) is 6.24. The molecule has 0 fully saturated rings. The summed E-state index contributed by atoms with van der Waals surface area (Å²) in [6.45, 7) is 4.00. The fraction of sp³-hybridized carbons (Fsp3) is 0.250. The molecule has 0 saturated heterocycles. The third kappa shape index (κ3) is 4.32. The van der Waals surface area contributed by atoms with Gasteiger partial charge in [0.15, 0.2) is 11.0 Å². The van der Waals surface area contributed by atoms with E-state index in [1.807, 2.05) is 36.7 Å². The number of benzene rings is 2. The lowest BCUT2D eigenvalue weighted by atomic mass is 10.2. The highest BCUT2D eigenvalue weighted by atomic mass is 32.2. The average Bonchev–Trinajstić information content (AvgIpc) is 3.02. The monoisotopic (exact) mass is 366 g/mol. The first kappa shape index (κ1) is 18.2. The van der Waals surface area contributed by atoms with Crippen molar-refractivity contribution >= 4 is 17.7 Å². The summed E-state index contributed by atoms with van der Waals surface area (Å²) in [5.41, 5.74) is 3.13. The number of thioether (sulfide) groups is 1. The molecule has 2 aromatic carbocycles. The third-order valence-corrected chi connectivity index (χ3v) is 5.22. The van der Waals surface area contributed by atoms with Crippen molar-refractivity contribution in [2.45, 2.75) is 30.8 Å². The van der Waals surface area contributed by atoms with Gasteiger partial charge in [-0.15, -0.1) is 10.2 Å². The maximum Gasteiger partial charge on any atom is 0.251 e. The van der Waals surface area contributed by atoms with Crippen molar-refractivity contribution in [2.24, 2.45) is 7.05 Å². The van der Waals surface area contributed by atoms with Crippen molar-refractivity contribution in [3.05, 3.63) is 77.1 Å². The van der Waals surface area contributed by atoms with Crippen LogP contribution in [0.25, 0.3) is 0 Å². The number of carbonyl (C=O) groups is 1. The number of rotatable bonds is 6. The van der Waals surface area contributed by atoms with Gasteiger partial charge < -0.3 is 9.88 Å². The van der Waals surface area contributed by atoms with Crippen LogP contribution in [0.2, 0.25) is 0 Å². The molecule has 0 unspecified atom stereocenters. The lowest BCUT2D eigenvalue weighted by Gasteiger charge is -2.13. The summed E-state index contributed by atoms with van der Waals surface area (Å²) >= 11 is 1.64. The molecule has 6 heteroatoms. The van der Waals surface area contributed by atoms with Gasteiger partial charge in [-0.3, -0.25) is 4.79 Å². The Morgan fingerprint density at radius 1 is 1.12 bits per heavy atom. The minimum Gasteiger partial charge on any atom is -0.342 e. The van der Waals surface area contributed by atoms with Crippen LogP contribution in [-0.4, -0.2) is 20.7 Å². The number of nitrogens with one attached hydrogen (secondary N) is 1. The summed E-state index contributed by atoms with van der Waals surface area (Å²) in [4.78, 5) is 12.3. The summed E-state index contributed by atoms with van der Waals surface area (Å²) in [5, 5.41) is 12.3. The molecule has 3 aromatic rings. The molecule has 0 saturated carbocycles. The number of nitrogens with zero attached hydrogens (tertiary/aromatic N) is 3. The van der Waals surface area contributed by atoms with Crippen LogP contribution in [0.1, 0.15) is 40.3 Å². The Labute approximate surface area is 157 Å². The average molecular weight is 366 g/mol. The molecule has 1 atom stereocenters. The third-order valence-electron chi connectivity index (χ3n) is 4.13. The van der Waals surface area contributed by atoms with Gasteiger partial charge in [-0.1, -0.05) is 59.8 Å². The van der Waals surface area contributed by atoms with Crippen LogP contribution in [0.4, 0.5) is 0 Å². The predicted molar refractivity (Wildman–Crippen MR) is 104 cm³/mol. The number of hydrogen-bond acceptors (Lipinski definition) is 4. The van der Waals surface area contributed by atoms with Crippen LogP contribution in [0.5, 0.6) is 0 Å². The molecule has 0 aliphatic heterocycles. The van der Waals surface area contributed by atoms with Crippen molar-refractivity contribution in [1.29, 1.82) is 0 Å². The topological polar surface area (TPSA) is 59.8 Å². The molecule has 26 heavy (non-hydrogen) atoms. The van der Waals surface area contributed by atoms with Gasteiger partial charge in [0.1, 0.15) is 0 Å². The van der Waals surface area contributed by atoms with E-state index in [0.717, 1.165) is 16.7 Å². The fourth-order valence-electron chi connectivity index (χ4n) is 2.60. The summed E-state index contributed by atoms with van der Waals surface area (Å²) in [7, 11) is 1.93. The maximum atomic E-state index is 12.3. The quantitative estimate of drug-likeness (QED) is 0.672. The van der Waals surface area contributed by atoms with Gasteiger partial charge in [-0.05, 0) is 31.5 Å². The Bertz CT molecular complexity index is 875. The van der Waals surface area contributed by atoms with E-state index in [1.54, 1.807) is 23.9 Å². The molecule has 1 aromatic heterocycles. The van der Waals surface area contributed by atoms with Crippen molar-refractivity contribution in [1.82, 2.24) is 20.1 Å². The first-order valence-electron chi connectivity index (χ1n) is 8.48. The van der Waals surface area contributed by atoms with Gasteiger partial charge in [0, 0.05) is 18.4 Å². The van der Waals surface area contributed by atoms with Crippen LogP contribution >= 0.6 is 11.8 Å². The molecule has 1 N–H and O–H groups in total. The molecular formula is C20H22N4OS. The van der Waals surface area contributed by atoms with Gasteiger partial charge in [-0.25, -0.2) is 0 Å². The summed E-state index contributed by atoms with van der Waals surface area (Å²) in [5.74, 6) is 1.45. The Hall–Kier alpha value is -2.60. The van der Waals surface area contributed by atoms with E-state index in [9.17, 15) is 4.79 Å². The molecule has 0 aliphatic rings. The van der Waals surface area contributed by atoms with E-state index >= 15 is 0 Å². The molecule has 1 amide bonds. The van der Waals surface area contributed by atoms with E-state index < -0.39 is 0 Å². The van der Waals surface area contributed by atoms with Crippen LogP contribution in [0, 0.1) is 6.92 Å². The minimum atomic E-state index is -0.228. The van der Waals surface area contributed by atoms with E-state index in [2.05, 4.69) is 46.7 Å².